The monoisotopic (exact) mass is 210 g/mol. The van der Waals surface area contributed by atoms with E-state index < -0.39 is 9.05 Å². The van der Waals surface area contributed by atoms with Crippen LogP contribution in [0.3, 0.4) is 0 Å². The summed E-state index contributed by atoms with van der Waals surface area (Å²) < 4.78 is 21.7. The first-order valence-electron chi connectivity index (χ1n) is 4.24. The minimum absolute atomic E-state index is 0.103. The van der Waals surface area contributed by atoms with E-state index >= 15 is 0 Å². The van der Waals surface area contributed by atoms with Crippen molar-refractivity contribution in [1.82, 2.24) is 0 Å². The van der Waals surface area contributed by atoms with E-state index in [2.05, 4.69) is 0 Å². The Hall–Kier alpha value is 0.240. The van der Waals surface area contributed by atoms with Crippen molar-refractivity contribution in [2.75, 3.05) is 5.75 Å². The third-order valence-corrected chi connectivity index (χ3v) is 4.17. The van der Waals surface area contributed by atoms with E-state index in [0.29, 0.717) is 5.92 Å². The molecule has 1 fully saturated rings. The first-order valence-corrected chi connectivity index (χ1v) is 6.71. The number of halogens is 1. The van der Waals surface area contributed by atoms with Crippen molar-refractivity contribution in [2.45, 2.75) is 33.1 Å². The van der Waals surface area contributed by atoms with Crippen molar-refractivity contribution in [2.24, 2.45) is 11.3 Å². The first kappa shape index (κ1) is 10.3. The van der Waals surface area contributed by atoms with Crippen molar-refractivity contribution < 1.29 is 8.42 Å². The summed E-state index contributed by atoms with van der Waals surface area (Å²) in [7, 11) is 1.88. The molecule has 1 rings (SSSR count). The summed E-state index contributed by atoms with van der Waals surface area (Å²) in [6.07, 6.45) is 3.54. The van der Waals surface area contributed by atoms with Crippen LogP contribution in [0.1, 0.15) is 33.1 Å². The van der Waals surface area contributed by atoms with E-state index in [1.807, 2.05) is 13.8 Å². The predicted octanol–water partition coefficient (Wildman–Crippen LogP) is 2.38. The van der Waals surface area contributed by atoms with Crippen molar-refractivity contribution in [3.05, 3.63) is 0 Å². The van der Waals surface area contributed by atoms with Crippen molar-refractivity contribution in [3.8, 4) is 0 Å². The summed E-state index contributed by atoms with van der Waals surface area (Å²) in [5.41, 5.74) is -0.140. The maximum Gasteiger partial charge on any atom is 0.233 e. The van der Waals surface area contributed by atoms with Gasteiger partial charge in [0.2, 0.25) is 9.05 Å². The van der Waals surface area contributed by atoms with Crippen LogP contribution in [0.15, 0.2) is 0 Å². The second kappa shape index (κ2) is 3.18. The van der Waals surface area contributed by atoms with Crippen LogP contribution in [0.4, 0.5) is 0 Å². The fraction of sp³-hybridized carbons (Fsp3) is 1.00. The Balaban J connectivity index is 2.59. The molecule has 1 aliphatic rings. The molecule has 72 valence electrons. The normalized spacial score (nSPS) is 20.6. The lowest BCUT2D eigenvalue weighted by Gasteiger charge is -2.39. The summed E-state index contributed by atoms with van der Waals surface area (Å²) in [5, 5.41) is 0. The molecule has 0 spiro atoms. The topological polar surface area (TPSA) is 34.1 Å². The number of rotatable bonds is 3. The minimum atomic E-state index is -3.33. The van der Waals surface area contributed by atoms with E-state index in [9.17, 15) is 8.42 Å². The molecule has 0 radical (unpaired) electrons. The van der Waals surface area contributed by atoms with Crippen LogP contribution in [-0.4, -0.2) is 14.2 Å². The van der Waals surface area contributed by atoms with Crippen LogP contribution < -0.4 is 0 Å². The van der Waals surface area contributed by atoms with Crippen molar-refractivity contribution in [1.29, 1.82) is 0 Å². The molecule has 0 N–H and O–H groups in total. The second-order valence-electron chi connectivity index (χ2n) is 4.30. The second-order valence-corrected chi connectivity index (χ2v) is 7.08. The van der Waals surface area contributed by atoms with Crippen LogP contribution in [0.2, 0.25) is 0 Å². The van der Waals surface area contributed by atoms with Gasteiger partial charge in [-0.2, -0.15) is 0 Å². The molecule has 0 aliphatic heterocycles. The molecule has 0 unspecified atom stereocenters. The lowest BCUT2D eigenvalue weighted by Crippen LogP contribution is -2.34. The van der Waals surface area contributed by atoms with Gasteiger partial charge in [-0.3, -0.25) is 0 Å². The average Bonchev–Trinajstić information content (AvgIpc) is 1.45. The van der Waals surface area contributed by atoms with E-state index in [1.54, 1.807) is 0 Å². The molecule has 4 heteroatoms. The van der Waals surface area contributed by atoms with Gasteiger partial charge in [-0.1, -0.05) is 20.3 Å². The minimum Gasteiger partial charge on any atom is -0.212 e. The Bertz CT molecular complexity index is 252. The van der Waals surface area contributed by atoms with Gasteiger partial charge in [-0.15, -0.1) is 0 Å². The molecule has 0 aromatic heterocycles. The van der Waals surface area contributed by atoms with Crippen LogP contribution in [-0.2, 0) is 9.05 Å². The van der Waals surface area contributed by atoms with Gasteiger partial charge in [0.15, 0.2) is 0 Å². The highest BCUT2D eigenvalue weighted by Gasteiger charge is 2.36. The standard InChI is InChI=1S/C8H15ClO2S/c1-8(2,6-12(9,10)11)7-4-3-5-7/h7H,3-6H2,1-2H3. The molecule has 2 nitrogen and oxygen atoms in total. The highest BCUT2D eigenvalue weighted by molar-refractivity contribution is 8.13. The number of hydrogen-bond donors (Lipinski definition) is 0. The molecule has 1 aliphatic carbocycles. The van der Waals surface area contributed by atoms with Gasteiger partial charge in [0.25, 0.3) is 0 Å². The Labute approximate surface area is 78.7 Å². The van der Waals surface area contributed by atoms with Gasteiger partial charge in [0.1, 0.15) is 0 Å². The van der Waals surface area contributed by atoms with Gasteiger partial charge in [0.05, 0.1) is 5.75 Å². The molecule has 0 amide bonds. The SMILES string of the molecule is CC(C)(CS(=O)(=O)Cl)C1CCC1. The van der Waals surface area contributed by atoms with E-state index in [4.69, 9.17) is 10.7 Å². The van der Waals surface area contributed by atoms with Crippen LogP contribution >= 0.6 is 10.7 Å². The Morgan fingerprint density at radius 1 is 1.42 bits per heavy atom. The highest BCUT2D eigenvalue weighted by Crippen LogP contribution is 2.42. The zero-order valence-corrected chi connectivity index (χ0v) is 9.08. The van der Waals surface area contributed by atoms with E-state index in [-0.39, 0.29) is 11.2 Å². The van der Waals surface area contributed by atoms with Crippen LogP contribution in [0.25, 0.3) is 0 Å². The maximum atomic E-state index is 10.9. The molecular weight excluding hydrogens is 196 g/mol. The lowest BCUT2D eigenvalue weighted by molar-refractivity contribution is 0.144. The smallest absolute Gasteiger partial charge is 0.212 e. The zero-order valence-electron chi connectivity index (χ0n) is 7.51. The predicted molar refractivity (Wildman–Crippen MR) is 50.8 cm³/mol. The average molecular weight is 211 g/mol. The van der Waals surface area contributed by atoms with E-state index in [1.165, 1.54) is 6.42 Å². The van der Waals surface area contributed by atoms with Gasteiger partial charge in [-0.25, -0.2) is 8.42 Å². The molecule has 0 atom stereocenters. The fourth-order valence-corrected chi connectivity index (χ4v) is 3.72. The summed E-state index contributed by atoms with van der Waals surface area (Å²) in [4.78, 5) is 0. The summed E-state index contributed by atoms with van der Waals surface area (Å²) >= 11 is 0. The summed E-state index contributed by atoms with van der Waals surface area (Å²) in [5.74, 6) is 0.651. The van der Waals surface area contributed by atoms with Crippen molar-refractivity contribution >= 4 is 19.7 Å². The van der Waals surface area contributed by atoms with Crippen molar-refractivity contribution in [3.63, 3.8) is 0 Å². The summed E-state index contributed by atoms with van der Waals surface area (Å²) in [6.45, 7) is 3.97. The molecule has 0 heterocycles. The van der Waals surface area contributed by atoms with Crippen LogP contribution in [0, 0.1) is 11.3 Å². The largest absolute Gasteiger partial charge is 0.233 e. The van der Waals surface area contributed by atoms with Gasteiger partial charge >= 0.3 is 0 Å². The molecule has 1 saturated carbocycles. The fourth-order valence-electron chi connectivity index (χ4n) is 1.75. The molecular formula is C8H15ClO2S. The third-order valence-electron chi connectivity index (χ3n) is 2.75. The van der Waals surface area contributed by atoms with E-state index in [0.717, 1.165) is 12.8 Å². The third kappa shape index (κ3) is 2.63. The molecule has 0 saturated heterocycles. The lowest BCUT2D eigenvalue weighted by atomic mass is 9.68. The Morgan fingerprint density at radius 2 is 1.92 bits per heavy atom. The Kier molecular flexibility index (Phi) is 2.74. The van der Waals surface area contributed by atoms with Gasteiger partial charge < -0.3 is 0 Å². The van der Waals surface area contributed by atoms with Gasteiger partial charge in [0, 0.05) is 10.7 Å². The molecule has 0 bridgehead atoms. The highest BCUT2D eigenvalue weighted by atomic mass is 35.7. The number of hydrogen-bond acceptors (Lipinski definition) is 2. The Morgan fingerprint density at radius 3 is 2.17 bits per heavy atom. The van der Waals surface area contributed by atoms with Crippen LogP contribution in [0.5, 0.6) is 0 Å². The quantitative estimate of drug-likeness (QED) is 0.671. The molecule has 0 aromatic carbocycles. The maximum absolute atomic E-state index is 10.9. The van der Waals surface area contributed by atoms with Gasteiger partial charge in [-0.05, 0) is 24.2 Å². The molecule has 12 heavy (non-hydrogen) atoms. The zero-order chi connectivity index (χ0) is 9.41. The summed E-state index contributed by atoms with van der Waals surface area (Å²) in [6, 6.07) is 0. The first-order chi connectivity index (χ1) is 5.31. The molecule has 0 aromatic rings.